The van der Waals surface area contributed by atoms with E-state index >= 15 is 0 Å². The molecule has 0 aliphatic carbocycles. The van der Waals surface area contributed by atoms with E-state index in [-0.39, 0.29) is 29.6 Å². The Morgan fingerprint density at radius 3 is 1.07 bits per heavy atom. The summed E-state index contributed by atoms with van der Waals surface area (Å²) in [5, 5.41) is 0. The van der Waals surface area contributed by atoms with Crippen LogP contribution in [0.25, 0.3) is 0 Å². The van der Waals surface area contributed by atoms with Crippen molar-refractivity contribution in [1.82, 2.24) is 0 Å². The predicted molar refractivity (Wildman–Crippen MR) is 110 cm³/mol. The molecule has 0 saturated heterocycles. The fourth-order valence-electron chi connectivity index (χ4n) is 2.39. The standard InChI is InChI=1S/C21H21O4P.Na.H/c1-16-10-4-7-13-19(16)23-26(22,24-20-14-8-5-11-17(20)2)25-21-15-9-6-12-18(21)3;;/h4-15H,1-3H3;;. The first-order valence-corrected chi connectivity index (χ1v) is 9.79. The van der Waals surface area contributed by atoms with E-state index < -0.39 is 7.82 Å². The van der Waals surface area contributed by atoms with Gasteiger partial charge in [-0.1, -0.05) is 54.6 Å². The van der Waals surface area contributed by atoms with Crippen LogP contribution in [0.2, 0.25) is 0 Å². The number of hydrogen-bond acceptors (Lipinski definition) is 4. The molecule has 4 nitrogen and oxygen atoms in total. The maximum absolute atomic E-state index is 13.5. The molecule has 3 aromatic rings. The first kappa shape index (κ1) is 21.6. The Morgan fingerprint density at radius 1 is 0.556 bits per heavy atom. The number of benzene rings is 3. The number of aryl methyl sites for hydroxylation is 3. The topological polar surface area (TPSA) is 44.8 Å². The molecule has 0 radical (unpaired) electrons. The Kier molecular flexibility index (Phi) is 7.58. The van der Waals surface area contributed by atoms with Crippen LogP contribution in [-0.4, -0.2) is 29.6 Å². The monoisotopic (exact) mass is 392 g/mol. The Hall–Kier alpha value is -1.71. The minimum atomic E-state index is -3.97. The van der Waals surface area contributed by atoms with Gasteiger partial charge < -0.3 is 13.6 Å². The van der Waals surface area contributed by atoms with Gasteiger partial charge in [0.2, 0.25) is 0 Å². The second kappa shape index (κ2) is 9.48. The van der Waals surface area contributed by atoms with Crippen LogP contribution in [0, 0.1) is 20.8 Å². The molecule has 0 unspecified atom stereocenters. The third-order valence-electron chi connectivity index (χ3n) is 3.91. The second-order valence-corrected chi connectivity index (χ2v) is 7.46. The molecule has 0 aliphatic rings. The fourth-order valence-corrected chi connectivity index (χ4v) is 3.84. The molecule has 0 amide bonds. The molecule has 0 saturated carbocycles. The molecule has 3 rings (SSSR count). The van der Waals surface area contributed by atoms with E-state index in [0.29, 0.717) is 17.2 Å². The molecule has 0 spiro atoms. The Balaban J connectivity index is 0.00000261. The predicted octanol–water partition coefficient (Wildman–Crippen LogP) is 5.61. The van der Waals surface area contributed by atoms with Crippen LogP contribution in [-0.2, 0) is 4.57 Å². The van der Waals surface area contributed by atoms with E-state index in [4.69, 9.17) is 13.6 Å². The zero-order valence-electron chi connectivity index (χ0n) is 15.0. The molecule has 0 N–H and O–H groups in total. The van der Waals surface area contributed by atoms with Crippen molar-refractivity contribution in [2.45, 2.75) is 20.8 Å². The van der Waals surface area contributed by atoms with Crippen molar-refractivity contribution < 1.29 is 18.1 Å². The second-order valence-electron chi connectivity index (χ2n) is 6.02. The van der Waals surface area contributed by atoms with Gasteiger partial charge in [0.15, 0.2) is 0 Å². The summed E-state index contributed by atoms with van der Waals surface area (Å²) in [6, 6.07) is 22.0. The summed E-state index contributed by atoms with van der Waals surface area (Å²) in [6.07, 6.45) is 0. The summed E-state index contributed by atoms with van der Waals surface area (Å²) in [6.45, 7) is 5.63. The van der Waals surface area contributed by atoms with Crippen LogP contribution < -0.4 is 13.6 Å². The van der Waals surface area contributed by atoms with Gasteiger partial charge in [0.25, 0.3) is 0 Å². The van der Waals surface area contributed by atoms with Gasteiger partial charge in [-0.15, -0.1) is 0 Å². The molecular weight excluding hydrogens is 370 g/mol. The average molecular weight is 392 g/mol. The summed E-state index contributed by atoms with van der Waals surface area (Å²) in [7, 11) is -3.97. The number of para-hydroxylation sites is 3. The van der Waals surface area contributed by atoms with Gasteiger partial charge in [0, 0.05) is 0 Å². The summed E-state index contributed by atoms with van der Waals surface area (Å²) >= 11 is 0. The molecule has 0 aliphatic heterocycles. The van der Waals surface area contributed by atoms with E-state index in [1.807, 2.05) is 75.4 Å². The van der Waals surface area contributed by atoms with Crippen LogP contribution in [0.5, 0.6) is 17.2 Å². The summed E-state index contributed by atoms with van der Waals surface area (Å²) < 4.78 is 30.8. The summed E-state index contributed by atoms with van der Waals surface area (Å²) in [4.78, 5) is 0. The van der Waals surface area contributed by atoms with E-state index in [1.54, 1.807) is 18.2 Å². The zero-order chi connectivity index (χ0) is 18.6. The van der Waals surface area contributed by atoms with Crippen LogP contribution in [0.15, 0.2) is 72.8 Å². The number of hydrogen-bond donors (Lipinski definition) is 0. The van der Waals surface area contributed by atoms with Crippen molar-refractivity contribution in [3.8, 4) is 17.2 Å². The summed E-state index contributed by atoms with van der Waals surface area (Å²) in [5.41, 5.74) is 2.53. The van der Waals surface area contributed by atoms with Gasteiger partial charge >= 0.3 is 37.4 Å². The third kappa shape index (κ3) is 5.63. The SMILES string of the molecule is Cc1ccccc1OP(=O)(Oc1ccccc1C)Oc1ccccc1C.[NaH]. The Labute approximate surface area is 182 Å². The first-order valence-electron chi connectivity index (χ1n) is 8.32. The van der Waals surface area contributed by atoms with Crippen LogP contribution >= 0.6 is 7.82 Å². The van der Waals surface area contributed by atoms with Gasteiger partial charge in [-0.3, -0.25) is 0 Å². The van der Waals surface area contributed by atoms with Crippen LogP contribution in [0.4, 0.5) is 0 Å². The average Bonchev–Trinajstić information content (AvgIpc) is 2.61. The van der Waals surface area contributed by atoms with Crippen molar-refractivity contribution in [2.24, 2.45) is 0 Å². The maximum atomic E-state index is 13.5. The quantitative estimate of drug-likeness (QED) is 0.404. The molecule has 27 heavy (non-hydrogen) atoms. The van der Waals surface area contributed by atoms with Gasteiger partial charge in [0.05, 0.1) is 0 Å². The third-order valence-corrected chi connectivity index (χ3v) is 5.17. The number of phosphoric ester groups is 1. The molecule has 0 aromatic heterocycles. The van der Waals surface area contributed by atoms with E-state index in [1.165, 1.54) is 0 Å². The fraction of sp³-hybridized carbons (Fsp3) is 0.143. The van der Waals surface area contributed by atoms with Crippen molar-refractivity contribution >= 4 is 37.4 Å². The molecule has 0 atom stereocenters. The van der Waals surface area contributed by atoms with Gasteiger partial charge in [-0.2, -0.15) is 4.57 Å². The molecule has 0 fully saturated rings. The van der Waals surface area contributed by atoms with Crippen molar-refractivity contribution in [1.29, 1.82) is 0 Å². The molecule has 0 heterocycles. The Morgan fingerprint density at radius 2 is 0.815 bits per heavy atom. The van der Waals surface area contributed by atoms with Crippen LogP contribution in [0.1, 0.15) is 16.7 Å². The van der Waals surface area contributed by atoms with Crippen LogP contribution in [0.3, 0.4) is 0 Å². The molecular formula is C21H22NaO4P. The minimum absolute atomic E-state index is 0. The number of rotatable bonds is 6. The van der Waals surface area contributed by atoms with Gasteiger partial charge in [0.1, 0.15) is 17.2 Å². The molecule has 6 heteroatoms. The normalized spacial score (nSPS) is 10.6. The molecule has 136 valence electrons. The van der Waals surface area contributed by atoms with Gasteiger partial charge in [-0.05, 0) is 55.7 Å². The van der Waals surface area contributed by atoms with E-state index in [2.05, 4.69) is 0 Å². The molecule has 3 aromatic carbocycles. The van der Waals surface area contributed by atoms with Crippen molar-refractivity contribution in [3.05, 3.63) is 89.5 Å². The van der Waals surface area contributed by atoms with E-state index in [0.717, 1.165) is 16.7 Å². The number of phosphoric acid groups is 1. The molecule has 0 bridgehead atoms. The van der Waals surface area contributed by atoms with Crippen molar-refractivity contribution in [2.75, 3.05) is 0 Å². The van der Waals surface area contributed by atoms with Gasteiger partial charge in [-0.25, -0.2) is 0 Å². The van der Waals surface area contributed by atoms with Crippen molar-refractivity contribution in [3.63, 3.8) is 0 Å². The first-order chi connectivity index (χ1) is 12.5. The zero-order valence-corrected chi connectivity index (χ0v) is 15.9. The Bertz CT molecular complexity index is 836. The van der Waals surface area contributed by atoms with E-state index in [9.17, 15) is 4.57 Å². The summed E-state index contributed by atoms with van der Waals surface area (Å²) in [5.74, 6) is 1.37.